The van der Waals surface area contributed by atoms with Gasteiger partial charge in [-0.2, -0.15) is 0 Å². The Morgan fingerprint density at radius 3 is 1.37 bits per heavy atom. The van der Waals surface area contributed by atoms with Gasteiger partial charge in [0.1, 0.15) is 12.2 Å². The molecule has 0 aromatic heterocycles. The van der Waals surface area contributed by atoms with Crippen LogP contribution in [0, 0.1) is 0 Å². The van der Waals surface area contributed by atoms with E-state index in [1.54, 1.807) is 0 Å². The van der Waals surface area contributed by atoms with Crippen LogP contribution >= 0.6 is 0 Å². The first-order chi connectivity index (χ1) is 22.5. The summed E-state index contributed by atoms with van der Waals surface area (Å²) in [6, 6.07) is -1.01. The fourth-order valence-electron chi connectivity index (χ4n) is 5.67. The van der Waals surface area contributed by atoms with Crippen LogP contribution in [0.3, 0.4) is 0 Å². The second-order valence-electron chi connectivity index (χ2n) is 13.3. The molecule has 0 aromatic carbocycles. The Balaban J connectivity index is 3.89. The molecule has 4 atom stereocenters. The molecule has 0 aromatic rings. The summed E-state index contributed by atoms with van der Waals surface area (Å²) in [6.07, 6.45) is 38.7. The topological polar surface area (TPSA) is 110 Å². The summed E-state index contributed by atoms with van der Waals surface area (Å²) in [5, 5.41) is 43.4. The SMILES string of the molecule is CCCCC/C=C/CC/C=C/CC/C=C/CCCC(O)C(O)C(CO)NC(=O)C(O)CCCCCCCCCCCCCCCC. The molecule has 0 spiro atoms. The highest BCUT2D eigenvalue weighted by atomic mass is 16.3. The van der Waals surface area contributed by atoms with Crippen molar-refractivity contribution in [2.24, 2.45) is 0 Å². The zero-order chi connectivity index (χ0) is 33.9. The van der Waals surface area contributed by atoms with Gasteiger partial charge < -0.3 is 25.7 Å². The zero-order valence-electron chi connectivity index (χ0n) is 30.1. The van der Waals surface area contributed by atoms with Crippen molar-refractivity contribution in [1.29, 1.82) is 0 Å². The van der Waals surface area contributed by atoms with Crippen LogP contribution in [-0.2, 0) is 4.79 Å². The number of allylic oxidation sites excluding steroid dienone is 6. The molecule has 6 nitrogen and oxygen atoms in total. The maximum Gasteiger partial charge on any atom is 0.249 e. The molecule has 0 heterocycles. The predicted octanol–water partition coefficient (Wildman–Crippen LogP) is 9.40. The minimum Gasteiger partial charge on any atom is -0.394 e. The van der Waals surface area contributed by atoms with Crippen LogP contribution in [0.5, 0.6) is 0 Å². The van der Waals surface area contributed by atoms with E-state index < -0.39 is 36.9 Å². The average molecular weight is 650 g/mol. The molecule has 1 amide bonds. The molecule has 0 rings (SSSR count). The van der Waals surface area contributed by atoms with Crippen LogP contribution in [-0.4, -0.2) is 57.3 Å². The van der Waals surface area contributed by atoms with E-state index in [9.17, 15) is 25.2 Å². The van der Waals surface area contributed by atoms with Gasteiger partial charge in [0.05, 0.1) is 18.8 Å². The van der Waals surface area contributed by atoms with Gasteiger partial charge in [-0.3, -0.25) is 4.79 Å². The first-order valence-electron chi connectivity index (χ1n) is 19.4. The van der Waals surface area contributed by atoms with Gasteiger partial charge in [-0.05, 0) is 64.2 Å². The lowest BCUT2D eigenvalue weighted by Crippen LogP contribution is -2.53. The minimum atomic E-state index is -1.29. The van der Waals surface area contributed by atoms with Crippen molar-refractivity contribution >= 4 is 5.91 Å². The smallest absolute Gasteiger partial charge is 0.249 e. The first kappa shape index (κ1) is 44.5. The molecule has 0 aliphatic carbocycles. The first-order valence-corrected chi connectivity index (χ1v) is 19.4. The van der Waals surface area contributed by atoms with E-state index in [4.69, 9.17) is 0 Å². The molecular formula is C40H75NO5. The van der Waals surface area contributed by atoms with Gasteiger partial charge in [0.2, 0.25) is 5.91 Å². The van der Waals surface area contributed by atoms with Gasteiger partial charge in [-0.15, -0.1) is 0 Å². The van der Waals surface area contributed by atoms with E-state index in [0.29, 0.717) is 19.3 Å². The molecule has 4 unspecified atom stereocenters. The summed E-state index contributed by atoms with van der Waals surface area (Å²) < 4.78 is 0. The molecule has 0 radical (unpaired) electrons. The lowest BCUT2D eigenvalue weighted by atomic mass is 10.00. The summed E-state index contributed by atoms with van der Waals surface area (Å²) in [7, 11) is 0. The Hall–Kier alpha value is -1.47. The van der Waals surface area contributed by atoms with Crippen LogP contribution in [0.4, 0.5) is 0 Å². The molecule has 270 valence electrons. The predicted molar refractivity (Wildman–Crippen MR) is 196 cm³/mol. The van der Waals surface area contributed by atoms with Gasteiger partial charge in [-0.1, -0.05) is 153 Å². The summed E-state index contributed by atoms with van der Waals surface area (Å²) in [5.74, 6) is -0.601. The lowest BCUT2D eigenvalue weighted by Gasteiger charge is -2.27. The van der Waals surface area contributed by atoms with Gasteiger partial charge in [0, 0.05) is 0 Å². The van der Waals surface area contributed by atoms with Crippen molar-refractivity contribution in [3.8, 4) is 0 Å². The molecule has 6 heteroatoms. The molecule has 0 fully saturated rings. The Labute approximate surface area is 284 Å². The normalized spacial score (nSPS) is 14.8. The Morgan fingerprint density at radius 1 is 0.522 bits per heavy atom. The Morgan fingerprint density at radius 2 is 0.913 bits per heavy atom. The number of hydrogen-bond donors (Lipinski definition) is 5. The number of aliphatic hydroxyl groups is 4. The average Bonchev–Trinajstić information content (AvgIpc) is 3.06. The van der Waals surface area contributed by atoms with Gasteiger partial charge in [-0.25, -0.2) is 0 Å². The molecular weight excluding hydrogens is 574 g/mol. The fraction of sp³-hybridized carbons (Fsp3) is 0.825. The minimum absolute atomic E-state index is 0.360. The Bertz CT molecular complexity index is 737. The standard InChI is InChI=1S/C40H75NO5/c1-3-5-7-9-11-13-15-17-19-20-22-23-25-27-29-31-33-37(43)39(45)36(35-42)41-40(46)38(44)34-32-30-28-26-24-21-18-16-14-12-10-8-6-4-2/h11,13,19-20,25,27,36-39,42-45H,3-10,12,14-18,21-24,26,28-35H2,1-2H3,(H,41,46)/b13-11+,20-19+,27-25+. The summed E-state index contributed by atoms with van der Waals surface area (Å²) in [5.41, 5.74) is 0. The largest absolute Gasteiger partial charge is 0.394 e. The highest BCUT2D eigenvalue weighted by Crippen LogP contribution is 2.15. The number of carbonyl (C=O) groups excluding carboxylic acids is 1. The number of nitrogens with one attached hydrogen (secondary N) is 1. The zero-order valence-corrected chi connectivity index (χ0v) is 30.1. The third-order valence-electron chi connectivity index (χ3n) is 8.81. The quantitative estimate of drug-likeness (QED) is 0.0352. The molecule has 5 N–H and O–H groups in total. The fourth-order valence-corrected chi connectivity index (χ4v) is 5.67. The van der Waals surface area contributed by atoms with Gasteiger partial charge in [0.25, 0.3) is 0 Å². The highest BCUT2D eigenvalue weighted by Gasteiger charge is 2.28. The molecule has 0 bridgehead atoms. The van der Waals surface area contributed by atoms with Crippen LogP contribution in [0.2, 0.25) is 0 Å². The number of amides is 1. The number of unbranched alkanes of at least 4 members (excludes halogenated alkanes) is 19. The molecule has 46 heavy (non-hydrogen) atoms. The van der Waals surface area contributed by atoms with Crippen molar-refractivity contribution in [2.75, 3.05) is 6.61 Å². The van der Waals surface area contributed by atoms with Crippen LogP contribution < -0.4 is 5.32 Å². The number of aliphatic hydroxyl groups excluding tert-OH is 4. The molecule has 0 saturated carbocycles. The third-order valence-corrected chi connectivity index (χ3v) is 8.81. The van der Waals surface area contributed by atoms with Crippen molar-refractivity contribution in [1.82, 2.24) is 5.32 Å². The van der Waals surface area contributed by atoms with E-state index >= 15 is 0 Å². The molecule has 0 aliphatic rings. The van der Waals surface area contributed by atoms with Crippen molar-refractivity contribution in [3.05, 3.63) is 36.5 Å². The van der Waals surface area contributed by atoms with E-state index in [-0.39, 0.29) is 0 Å². The van der Waals surface area contributed by atoms with E-state index in [0.717, 1.165) is 51.4 Å². The molecule has 0 aliphatic heterocycles. The number of carbonyl (C=O) groups is 1. The summed E-state index contributed by atoms with van der Waals surface area (Å²) in [4.78, 5) is 12.4. The highest BCUT2D eigenvalue weighted by molar-refractivity contribution is 5.80. The summed E-state index contributed by atoms with van der Waals surface area (Å²) in [6.45, 7) is 3.98. The second kappa shape index (κ2) is 34.9. The maximum absolute atomic E-state index is 12.4. The van der Waals surface area contributed by atoms with Crippen LogP contribution in [0.1, 0.15) is 181 Å². The Kier molecular flexibility index (Phi) is 33.7. The maximum atomic E-state index is 12.4. The number of rotatable bonds is 34. The van der Waals surface area contributed by atoms with Crippen molar-refractivity contribution in [2.45, 2.75) is 205 Å². The van der Waals surface area contributed by atoms with E-state index in [1.165, 1.54) is 96.3 Å². The number of hydrogen-bond acceptors (Lipinski definition) is 5. The van der Waals surface area contributed by atoms with Crippen molar-refractivity contribution < 1.29 is 25.2 Å². The second-order valence-corrected chi connectivity index (χ2v) is 13.3. The third kappa shape index (κ3) is 28.7. The van der Waals surface area contributed by atoms with Crippen molar-refractivity contribution in [3.63, 3.8) is 0 Å². The van der Waals surface area contributed by atoms with Gasteiger partial charge in [0.15, 0.2) is 0 Å². The van der Waals surface area contributed by atoms with Crippen LogP contribution in [0.15, 0.2) is 36.5 Å². The lowest BCUT2D eigenvalue weighted by molar-refractivity contribution is -0.132. The monoisotopic (exact) mass is 650 g/mol. The van der Waals surface area contributed by atoms with Crippen LogP contribution in [0.25, 0.3) is 0 Å². The summed E-state index contributed by atoms with van der Waals surface area (Å²) >= 11 is 0. The van der Waals surface area contributed by atoms with E-state index in [1.807, 2.05) is 0 Å². The molecule has 0 saturated heterocycles. The van der Waals surface area contributed by atoms with Gasteiger partial charge >= 0.3 is 0 Å². The van der Waals surface area contributed by atoms with E-state index in [2.05, 4.69) is 55.6 Å².